The molecule has 0 aromatic heterocycles. The molecule has 2 aromatic rings. The molecule has 1 heterocycles. The highest BCUT2D eigenvalue weighted by Crippen LogP contribution is 2.30. The minimum atomic E-state index is 0.0394. The Morgan fingerprint density at radius 3 is 2.41 bits per heavy atom. The zero-order chi connectivity index (χ0) is 21.6. The van der Waals surface area contributed by atoms with Crippen molar-refractivity contribution < 1.29 is 9.90 Å². The van der Waals surface area contributed by atoms with E-state index < -0.39 is 0 Å². The minimum Gasteiger partial charge on any atom is -0.508 e. The van der Waals surface area contributed by atoms with Crippen molar-refractivity contribution in [3.63, 3.8) is 0 Å². The zero-order valence-electron chi connectivity index (χ0n) is 16.6. The molecule has 0 fully saturated rings. The molecule has 1 amide bonds. The number of carbonyl (C=O) groups excluding carboxylic acids is 1. The molecule has 7 nitrogen and oxygen atoms in total. The fraction of sp³-hybridized carbons (Fsp3) is 0.238. The van der Waals surface area contributed by atoms with Gasteiger partial charge in [-0.25, -0.2) is 0 Å². The van der Waals surface area contributed by atoms with Gasteiger partial charge in [0, 0.05) is 29.6 Å². The van der Waals surface area contributed by atoms with E-state index in [1.165, 1.54) is 11.8 Å². The first-order valence-electron chi connectivity index (χ1n) is 9.05. The summed E-state index contributed by atoms with van der Waals surface area (Å²) in [4.78, 5) is 16.0. The lowest BCUT2D eigenvalue weighted by Crippen LogP contribution is -2.35. The van der Waals surface area contributed by atoms with E-state index in [1.807, 2.05) is 19.1 Å². The maximum atomic E-state index is 9.93. The number of halogens is 1. The summed E-state index contributed by atoms with van der Waals surface area (Å²) in [6.07, 6.45) is 0. The van der Waals surface area contributed by atoms with Crippen LogP contribution >= 0.6 is 11.6 Å². The van der Waals surface area contributed by atoms with E-state index >= 15 is 0 Å². The van der Waals surface area contributed by atoms with Gasteiger partial charge in [0.1, 0.15) is 17.4 Å². The smallest absolute Gasteiger partial charge is 0.216 e. The molecule has 0 radical (unpaired) electrons. The van der Waals surface area contributed by atoms with Crippen molar-refractivity contribution in [1.29, 1.82) is 10.8 Å². The minimum absolute atomic E-state index is 0.0394. The normalized spacial score (nSPS) is 12.8. The second-order valence-corrected chi connectivity index (χ2v) is 6.76. The number of aromatic hydroxyl groups is 1. The molecular formula is C21H24ClN5O2. The van der Waals surface area contributed by atoms with Crippen molar-refractivity contribution >= 4 is 40.6 Å². The maximum absolute atomic E-state index is 9.93. The van der Waals surface area contributed by atoms with Crippen molar-refractivity contribution in [2.24, 2.45) is 4.99 Å². The monoisotopic (exact) mass is 413 g/mol. The summed E-state index contributed by atoms with van der Waals surface area (Å²) in [6, 6.07) is 12.1. The molecule has 4 N–H and O–H groups in total. The molecule has 0 aliphatic carbocycles. The number of benzodiazepines with no additional fused rings is 1. The number of carbonyl (C=O) groups is 1. The molecule has 1 aliphatic rings. The van der Waals surface area contributed by atoms with E-state index in [0.29, 0.717) is 22.0 Å². The summed E-state index contributed by atoms with van der Waals surface area (Å²) >= 11 is 5.95. The van der Waals surface area contributed by atoms with Crippen LogP contribution in [0.15, 0.2) is 47.5 Å². The topological polar surface area (TPSA) is 113 Å². The molecule has 0 saturated heterocycles. The number of phenolic OH excluding ortho intramolecular Hbond substituents is 1. The molecule has 29 heavy (non-hydrogen) atoms. The lowest BCUT2D eigenvalue weighted by molar-refractivity contribution is -0.118. The number of anilines is 1. The molecule has 3 rings (SSSR count). The number of fused-ring (bicyclic) bond motifs is 1. The summed E-state index contributed by atoms with van der Waals surface area (Å²) in [5.41, 5.74) is 2.85. The average molecular weight is 414 g/mol. The summed E-state index contributed by atoms with van der Waals surface area (Å²) in [7, 11) is 0. The molecule has 1 aliphatic heterocycles. The van der Waals surface area contributed by atoms with Gasteiger partial charge in [-0.1, -0.05) is 23.7 Å². The summed E-state index contributed by atoms with van der Waals surface area (Å²) in [5.74, 6) is 0.599. The van der Waals surface area contributed by atoms with Crippen molar-refractivity contribution in [3.05, 3.63) is 58.6 Å². The number of benzene rings is 2. The van der Waals surface area contributed by atoms with Crippen molar-refractivity contribution in [1.82, 2.24) is 5.32 Å². The first kappa shape index (κ1) is 22.1. The van der Waals surface area contributed by atoms with E-state index in [2.05, 4.69) is 10.3 Å². The number of amidine groups is 2. The highest BCUT2D eigenvalue weighted by atomic mass is 35.5. The largest absolute Gasteiger partial charge is 0.508 e. The Kier molecular flexibility index (Phi) is 7.50. The van der Waals surface area contributed by atoms with Crippen LogP contribution in [0.1, 0.15) is 31.9 Å². The molecule has 2 aromatic carbocycles. The van der Waals surface area contributed by atoms with E-state index in [9.17, 15) is 9.90 Å². The Morgan fingerprint density at radius 2 is 1.90 bits per heavy atom. The quantitative estimate of drug-likeness (QED) is 0.443. The average Bonchev–Trinajstić information content (AvgIpc) is 2.79. The van der Waals surface area contributed by atoms with Crippen molar-refractivity contribution in [3.8, 4) is 5.75 Å². The number of hydrogen-bond acceptors (Lipinski definition) is 5. The van der Waals surface area contributed by atoms with Gasteiger partial charge in [0.2, 0.25) is 5.91 Å². The highest BCUT2D eigenvalue weighted by Gasteiger charge is 2.24. The molecule has 0 saturated carbocycles. The van der Waals surface area contributed by atoms with Gasteiger partial charge in [0.25, 0.3) is 0 Å². The molecular weight excluding hydrogens is 390 g/mol. The Labute approximate surface area is 175 Å². The van der Waals surface area contributed by atoms with E-state index in [1.54, 1.807) is 37.3 Å². The van der Waals surface area contributed by atoms with Gasteiger partial charge in [-0.05, 0) is 44.2 Å². The van der Waals surface area contributed by atoms with Crippen LogP contribution in [-0.2, 0) is 4.79 Å². The third-order valence-corrected chi connectivity index (χ3v) is 4.26. The van der Waals surface area contributed by atoms with Crippen LogP contribution in [0.4, 0.5) is 5.69 Å². The summed E-state index contributed by atoms with van der Waals surface area (Å²) < 4.78 is 0. The van der Waals surface area contributed by atoms with Crippen LogP contribution in [0.2, 0.25) is 5.02 Å². The Balaban J connectivity index is 0.000000438. The molecule has 0 atom stereocenters. The third-order valence-electron chi connectivity index (χ3n) is 4.01. The number of nitrogens with one attached hydrogen (secondary N) is 3. The van der Waals surface area contributed by atoms with Gasteiger partial charge in [0.15, 0.2) is 0 Å². The van der Waals surface area contributed by atoms with Crippen LogP contribution in [0.25, 0.3) is 0 Å². The lowest BCUT2D eigenvalue weighted by Gasteiger charge is -2.23. The van der Waals surface area contributed by atoms with Crippen LogP contribution in [-0.4, -0.2) is 41.5 Å². The number of rotatable bonds is 2. The highest BCUT2D eigenvalue weighted by molar-refractivity contribution is 6.31. The second kappa shape index (κ2) is 9.84. The van der Waals surface area contributed by atoms with E-state index in [-0.39, 0.29) is 29.9 Å². The van der Waals surface area contributed by atoms with Gasteiger partial charge < -0.3 is 10.4 Å². The third kappa shape index (κ3) is 5.65. The summed E-state index contributed by atoms with van der Waals surface area (Å²) in [6.45, 7) is 5.91. The second-order valence-electron chi connectivity index (χ2n) is 6.33. The fourth-order valence-corrected chi connectivity index (χ4v) is 2.98. The van der Waals surface area contributed by atoms with Crippen LogP contribution in [0.3, 0.4) is 0 Å². The van der Waals surface area contributed by atoms with Crippen molar-refractivity contribution in [2.45, 2.75) is 20.8 Å². The zero-order valence-corrected chi connectivity index (χ0v) is 17.3. The van der Waals surface area contributed by atoms with E-state index in [0.717, 1.165) is 12.1 Å². The Bertz CT molecular complexity index is 954. The number of nitrogens with zero attached hydrogens (tertiary/aromatic N) is 2. The van der Waals surface area contributed by atoms with Crippen molar-refractivity contribution in [2.75, 3.05) is 18.0 Å². The number of phenols is 1. The van der Waals surface area contributed by atoms with Gasteiger partial charge in [-0.3, -0.25) is 25.5 Å². The molecule has 0 bridgehead atoms. The number of amides is 1. The Hall–Kier alpha value is -3.19. The standard InChI is InChI=1S/C17H15ClN4O.C4H9NO/c1-10(19)22-15-7-6-13(23)8-14(15)17(21-9-16(22)20)11-2-4-12(18)5-3-11;1-3-5-4(2)6/h2-8,19-20,23H,9H2,1H3;3H2,1-2H3,(H,5,6). The maximum Gasteiger partial charge on any atom is 0.216 e. The number of hydrogen-bond donors (Lipinski definition) is 4. The first-order valence-corrected chi connectivity index (χ1v) is 9.43. The first-order chi connectivity index (χ1) is 13.7. The molecule has 0 spiro atoms. The molecule has 0 unspecified atom stereocenters. The SMILES string of the molecule is CC(=N)N1C(=N)CN=C(c2ccc(Cl)cc2)c2cc(O)ccc21.CCNC(C)=O. The van der Waals surface area contributed by atoms with Gasteiger partial charge in [0.05, 0.1) is 17.9 Å². The predicted octanol–water partition coefficient (Wildman–Crippen LogP) is 3.82. The van der Waals surface area contributed by atoms with Gasteiger partial charge >= 0.3 is 0 Å². The predicted molar refractivity (Wildman–Crippen MR) is 118 cm³/mol. The fourth-order valence-electron chi connectivity index (χ4n) is 2.85. The molecule has 8 heteroatoms. The molecule has 152 valence electrons. The van der Waals surface area contributed by atoms with Gasteiger partial charge in [-0.15, -0.1) is 0 Å². The summed E-state index contributed by atoms with van der Waals surface area (Å²) in [5, 5.41) is 29.2. The van der Waals surface area contributed by atoms with Crippen LogP contribution in [0, 0.1) is 10.8 Å². The Morgan fingerprint density at radius 1 is 1.24 bits per heavy atom. The lowest BCUT2D eigenvalue weighted by atomic mass is 10.00. The van der Waals surface area contributed by atoms with Crippen LogP contribution < -0.4 is 10.2 Å². The van der Waals surface area contributed by atoms with E-state index in [4.69, 9.17) is 22.4 Å². The van der Waals surface area contributed by atoms with Gasteiger partial charge in [-0.2, -0.15) is 0 Å². The van der Waals surface area contributed by atoms with Crippen LogP contribution in [0.5, 0.6) is 5.75 Å². The number of aliphatic imine (C=N–C) groups is 1.